The van der Waals surface area contributed by atoms with Crippen LogP contribution in [0.4, 0.5) is 5.13 Å². The lowest BCUT2D eigenvalue weighted by Crippen LogP contribution is -2.38. The standard InChI is InChI=1S/C11H15N3O3S/c1-6(9(15)13-7-3-4-7)12-11-14-8(5-18-11)10(16)17-2/h5-7H,3-4H2,1-2H3,(H,12,14)(H,13,15). The highest BCUT2D eigenvalue weighted by molar-refractivity contribution is 7.13. The molecule has 18 heavy (non-hydrogen) atoms. The summed E-state index contributed by atoms with van der Waals surface area (Å²) in [6.07, 6.45) is 2.12. The number of rotatable bonds is 5. The van der Waals surface area contributed by atoms with Gasteiger partial charge in [-0.2, -0.15) is 0 Å². The third-order valence-electron chi connectivity index (χ3n) is 2.56. The van der Waals surface area contributed by atoms with Crippen LogP contribution in [0.15, 0.2) is 5.38 Å². The smallest absolute Gasteiger partial charge is 0.357 e. The molecule has 1 atom stereocenters. The van der Waals surface area contributed by atoms with E-state index in [0.717, 1.165) is 12.8 Å². The van der Waals surface area contributed by atoms with E-state index in [0.29, 0.717) is 11.2 Å². The molecule has 1 saturated carbocycles. The zero-order chi connectivity index (χ0) is 13.1. The molecule has 98 valence electrons. The van der Waals surface area contributed by atoms with Crippen molar-refractivity contribution in [2.75, 3.05) is 12.4 Å². The van der Waals surface area contributed by atoms with Crippen LogP contribution < -0.4 is 10.6 Å². The number of nitrogens with one attached hydrogen (secondary N) is 2. The van der Waals surface area contributed by atoms with Crippen LogP contribution in [0.1, 0.15) is 30.3 Å². The molecule has 1 aromatic heterocycles. The average molecular weight is 269 g/mol. The summed E-state index contributed by atoms with van der Waals surface area (Å²) >= 11 is 1.27. The Kier molecular flexibility index (Phi) is 3.81. The Morgan fingerprint density at radius 1 is 1.56 bits per heavy atom. The summed E-state index contributed by atoms with van der Waals surface area (Å²) in [6, 6.07) is -0.0362. The van der Waals surface area contributed by atoms with Crippen LogP contribution in [0.2, 0.25) is 0 Å². The number of anilines is 1. The van der Waals surface area contributed by atoms with Gasteiger partial charge in [-0.15, -0.1) is 11.3 Å². The van der Waals surface area contributed by atoms with Gasteiger partial charge in [0, 0.05) is 11.4 Å². The van der Waals surface area contributed by atoms with Crippen molar-refractivity contribution < 1.29 is 14.3 Å². The van der Waals surface area contributed by atoms with Gasteiger partial charge in [0.25, 0.3) is 0 Å². The number of carbonyl (C=O) groups excluding carboxylic acids is 2. The number of thiazole rings is 1. The fourth-order valence-electron chi connectivity index (χ4n) is 1.34. The van der Waals surface area contributed by atoms with Gasteiger partial charge in [0.05, 0.1) is 7.11 Å². The lowest BCUT2D eigenvalue weighted by atomic mass is 10.3. The van der Waals surface area contributed by atoms with Crippen LogP contribution in [0, 0.1) is 0 Å². The molecule has 1 amide bonds. The number of ether oxygens (including phenoxy) is 1. The molecule has 1 aromatic rings. The third-order valence-corrected chi connectivity index (χ3v) is 3.33. The Labute approximate surface area is 109 Å². The number of aromatic nitrogens is 1. The van der Waals surface area contributed by atoms with Crippen LogP contribution in [-0.2, 0) is 9.53 Å². The molecule has 2 N–H and O–H groups in total. The normalized spacial score (nSPS) is 15.9. The van der Waals surface area contributed by atoms with Crippen molar-refractivity contribution in [3.8, 4) is 0 Å². The van der Waals surface area contributed by atoms with E-state index in [-0.39, 0.29) is 17.6 Å². The zero-order valence-electron chi connectivity index (χ0n) is 10.2. The van der Waals surface area contributed by atoms with Crippen LogP contribution in [0.25, 0.3) is 0 Å². The van der Waals surface area contributed by atoms with Gasteiger partial charge in [0.2, 0.25) is 5.91 Å². The monoisotopic (exact) mass is 269 g/mol. The minimum atomic E-state index is -0.477. The summed E-state index contributed by atoms with van der Waals surface area (Å²) in [5.41, 5.74) is 0.250. The van der Waals surface area contributed by atoms with Crippen molar-refractivity contribution in [1.29, 1.82) is 0 Å². The van der Waals surface area contributed by atoms with Crippen LogP contribution in [-0.4, -0.2) is 36.1 Å². The molecule has 6 nitrogen and oxygen atoms in total. The minimum Gasteiger partial charge on any atom is -0.464 e. The van der Waals surface area contributed by atoms with Crippen molar-refractivity contribution in [2.24, 2.45) is 0 Å². The second-order valence-corrected chi connectivity index (χ2v) is 5.04. The fraction of sp³-hybridized carbons (Fsp3) is 0.545. The second kappa shape index (κ2) is 5.34. The number of hydrogen-bond donors (Lipinski definition) is 2. The maximum atomic E-state index is 11.7. The average Bonchev–Trinajstić information content (AvgIpc) is 3.04. The first kappa shape index (κ1) is 12.8. The molecule has 0 spiro atoms. The van der Waals surface area contributed by atoms with Crippen molar-refractivity contribution in [1.82, 2.24) is 10.3 Å². The molecule has 1 fully saturated rings. The Morgan fingerprint density at radius 3 is 2.89 bits per heavy atom. The van der Waals surface area contributed by atoms with Gasteiger partial charge in [-0.05, 0) is 19.8 Å². The molecule has 2 rings (SSSR count). The molecule has 1 aliphatic carbocycles. The van der Waals surface area contributed by atoms with Crippen LogP contribution >= 0.6 is 11.3 Å². The Morgan fingerprint density at radius 2 is 2.28 bits per heavy atom. The van der Waals surface area contributed by atoms with Gasteiger partial charge in [-0.3, -0.25) is 4.79 Å². The summed E-state index contributed by atoms with van der Waals surface area (Å²) in [5, 5.41) is 7.99. The summed E-state index contributed by atoms with van der Waals surface area (Å²) in [4.78, 5) is 27.0. The molecule has 0 radical (unpaired) electrons. The SMILES string of the molecule is COC(=O)c1csc(NC(C)C(=O)NC2CC2)n1. The van der Waals surface area contributed by atoms with E-state index >= 15 is 0 Å². The summed E-state index contributed by atoms with van der Waals surface area (Å²) in [5.74, 6) is -0.526. The molecule has 0 saturated heterocycles. The van der Waals surface area contributed by atoms with E-state index in [1.807, 2.05) is 0 Å². The first-order chi connectivity index (χ1) is 8.60. The molecule has 1 unspecified atom stereocenters. The maximum Gasteiger partial charge on any atom is 0.357 e. The highest BCUT2D eigenvalue weighted by Crippen LogP contribution is 2.20. The number of nitrogens with zero attached hydrogens (tertiary/aromatic N) is 1. The minimum absolute atomic E-state index is 0.0488. The summed E-state index contributed by atoms with van der Waals surface area (Å²) in [6.45, 7) is 1.76. The van der Waals surface area contributed by atoms with Crippen LogP contribution in [0.5, 0.6) is 0 Å². The van der Waals surface area contributed by atoms with Gasteiger partial charge in [0.15, 0.2) is 10.8 Å². The number of methoxy groups -OCH3 is 1. The number of carbonyl (C=O) groups is 2. The predicted octanol–water partition coefficient (Wildman–Crippen LogP) is 1.01. The Bertz CT molecular complexity index is 456. The lowest BCUT2D eigenvalue weighted by molar-refractivity contribution is -0.121. The molecule has 0 aromatic carbocycles. The third kappa shape index (κ3) is 3.19. The van der Waals surface area contributed by atoms with Gasteiger partial charge in [-0.1, -0.05) is 0 Å². The first-order valence-electron chi connectivity index (χ1n) is 5.71. The molecular weight excluding hydrogens is 254 g/mol. The molecular formula is C11H15N3O3S. The molecule has 1 aliphatic rings. The topological polar surface area (TPSA) is 80.3 Å². The second-order valence-electron chi connectivity index (χ2n) is 4.18. The van der Waals surface area contributed by atoms with E-state index in [1.54, 1.807) is 12.3 Å². The van der Waals surface area contributed by atoms with E-state index in [1.165, 1.54) is 18.4 Å². The Hall–Kier alpha value is -1.63. The van der Waals surface area contributed by atoms with Gasteiger partial charge >= 0.3 is 5.97 Å². The number of hydrogen-bond acceptors (Lipinski definition) is 6. The predicted molar refractivity (Wildman–Crippen MR) is 67.7 cm³/mol. The van der Waals surface area contributed by atoms with Crippen molar-refractivity contribution in [3.05, 3.63) is 11.1 Å². The molecule has 0 aliphatic heterocycles. The summed E-state index contributed by atoms with van der Waals surface area (Å²) < 4.78 is 4.56. The maximum absolute atomic E-state index is 11.7. The highest BCUT2D eigenvalue weighted by Gasteiger charge is 2.25. The van der Waals surface area contributed by atoms with E-state index in [4.69, 9.17) is 0 Å². The van der Waals surface area contributed by atoms with Crippen LogP contribution in [0.3, 0.4) is 0 Å². The number of amides is 1. The number of esters is 1. The van der Waals surface area contributed by atoms with E-state index in [9.17, 15) is 9.59 Å². The Balaban J connectivity index is 1.89. The quantitative estimate of drug-likeness (QED) is 0.780. The van der Waals surface area contributed by atoms with Gasteiger partial charge < -0.3 is 15.4 Å². The molecule has 1 heterocycles. The van der Waals surface area contributed by atoms with E-state index in [2.05, 4.69) is 20.4 Å². The molecule has 0 bridgehead atoms. The first-order valence-corrected chi connectivity index (χ1v) is 6.59. The van der Waals surface area contributed by atoms with Gasteiger partial charge in [0.1, 0.15) is 6.04 Å². The largest absolute Gasteiger partial charge is 0.464 e. The molecule has 7 heteroatoms. The zero-order valence-corrected chi connectivity index (χ0v) is 11.0. The fourth-order valence-corrected chi connectivity index (χ4v) is 2.11. The van der Waals surface area contributed by atoms with Crippen molar-refractivity contribution in [3.63, 3.8) is 0 Å². The highest BCUT2D eigenvalue weighted by atomic mass is 32.1. The van der Waals surface area contributed by atoms with E-state index < -0.39 is 5.97 Å². The summed E-state index contributed by atoms with van der Waals surface area (Å²) in [7, 11) is 1.31. The van der Waals surface area contributed by atoms with Gasteiger partial charge in [-0.25, -0.2) is 9.78 Å². The van der Waals surface area contributed by atoms with Crippen molar-refractivity contribution in [2.45, 2.75) is 31.8 Å². The lowest BCUT2D eigenvalue weighted by Gasteiger charge is -2.12. The van der Waals surface area contributed by atoms with Crippen molar-refractivity contribution >= 4 is 28.3 Å².